The van der Waals surface area contributed by atoms with Crippen LogP contribution in [0.1, 0.15) is 0 Å². The second-order valence-corrected chi connectivity index (χ2v) is 6.62. The van der Waals surface area contributed by atoms with E-state index >= 15 is 0 Å². The van der Waals surface area contributed by atoms with E-state index in [1.165, 1.54) is 24.3 Å². The monoisotopic (exact) mass is 392 g/mol. The maximum atomic E-state index is 13.0. The molecule has 2 aromatic rings. The Morgan fingerprint density at radius 1 is 0.654 bits per heavy atom. The molecular weight excluding hydrogens is 374 g/mol. The van der Waals surface area contributed by atoms with Gasteiger partial charge in [0.1, 0.15) is 11.6 Å². The first-order chi connectivity index (χ1) is 12.5. The minimum Gasteiger partial charge on any atom is -0.345 e. The quantitative estimate of drug-likeness (QED) is 0.759. The lowest BCUT2D eigenvalue weighted by molar-refractivity contribution is 0.264. The molecule has 4 nitrogen and oxygen atoms in total. The average Bonchev–Trinajstić information content (AvgIpc) is 2.65. The summed E-state index contributed by atoms with van der Waals surface area (Å²) in [6.07, 6.45) is 0. The number of anilines is 2. The molecule has 136 valence electrons. The molecule has 0 amide bonds. The lowest BCUT2D eigenvalue weighted by atomic mass is 10.3. The number of piperazine rings is 1. The zero-order valence-electron chi connectivity index (χ0n) is 13.9. The average molecular weight is 393 g/mol. The predicted molar refractivity (Wildman–Crippen MR) is 108 cm³/mol. The molecule has 2 N–H and O–H groups in total. The number of nitrogens with one attached hydrogen (secondary N) is 2. The highest BCUT2D eigenvalue weighted by Crippen LogP contribution is 2.13. The molecule has 1 saturated heterocycles. The van der Waals surface area contributed by atoms with Gasteiger partial charge in [0, 0.05) is 37.6 Å². The van der Waals surface area contributed by atoms with Gasteiger partial charge in [0.05, 0.1) is 0 Å². The molecule has 26 heavy (non-hydrogen) atoms. The fourth-order valence-corrected chi connectivity index (χ4v) is 3.18. The zero-order chi connectivity index (χ0) is 18.5. The third-order valence-electron chi connectivity index (χ3n) is 4.05. The SMILES string of the molecule is Fc1ccc(NC(=S)N2CCN(C(=S)Nc3ccc(F)cc3)CC2)cc1. The van der Waals surface area contributed by atoms with Crippen molar-refractivity contribution in [2.45, 2.75) is 0 Å². The molecule has 0 atom stereocenters. The van der Waals surface area contributed by atoms with E-state index in [4.69, 9.17) is 24.4 Å². The molecule has 8 heteroatoms. The molecule has 0 saturated carbocycles. The summed E-state index contributed by atoms with van der Waals surface area (Å²) in [6.45, 7) is 2.88. The van der Waals surface area contributed by atoms with Crippen molar-refractivity contribution >= 4 is 46.0 Å². The zero-order valence-corrected chi connectivity index (χ0v) is 15.5. The van der Waals surface area contributed by atoms with Crippen molar-refractivity contribution in [3.8, 4) is 0 Å². The van der Waals surface area contributed by atoms with E-state index < -0.39 is 0 Å². The summed E-state index contributed by atoms with van der Waals surface area (Å²) in [4.78, 5) is 4.10. The Morgan fingerprint density at radius 3 is 1.27 bits per heavy atom. The Kier molecular flexibility index (Phi) is 5.95. The van der Waals surface area contributed by atoms with Crippen LogP contribution in [0.25, 0.3) is 0 Å². The molecular formula is C18H18F2N4S2. The Hall–Kier alpha value is -2.32. The molecule has 0 aliphatic carbocycles. The van der Waals surface area contributed by atoms with Gasteiger partial charge in [-0.1, -0.05) is 0 Å². The molecule has 1 heterocycles. The van der Waals surface area contributed by atoms with Crippen molar-refractivity contribution in [1.82, 2.24) is 9.80 Å². The number of hydrogen-bond donors (Lipinski definition) is 2. The summed E-state index contributed by atoms with van der Waals surface area (Å²) in [5.74, 6) is -0.561. The molecule has 1 aliphatic heterocycles. The predicted octanol–water partition coefficient (Wildman–Crippen LogP) is 3.68. The first-order valence-corrected chi connectivity index (χ1v) is 8.96. The third kappa shape index (κ3) is 4.86. The number of thiocarbonyl (C=S) groups is 2. The van der Waals surface area contributed by atoms with Crippen LogP contribution in [0.15, 0.2) is 48.5 Å². The van der Waals surface area contributed by atoms with E-state index in [9.17, 15) is 8.78 Å². The standard InChI is InChI=1S/C18H18F2N4S2/c19-13-1-5-15(6-2-13)21-17(25)23-9-11-24(12-10-23)18(26)22-16-7-3-14(20)4-8-16/h1-8H,9-12H2,(H,21,25)(H,22,26). The number of halogens is 2. The Morgan fingerprint density at radius 2 is 0.962 bits per heavy atom. The van der Waals surface area contributed by atoms with Gasteiger partial charge in [0.25, 0.3) is 0 Å². The Balaban J connectivity index is 1.48. The fraction of sp³-hybridized carbons (Fsp3) is 0.222. The third-order valence-corrected chi connectivity index (χ3v) is 4.77. The van der Waals surface area contributed by atoms with Crippen molar-refractivity contribution in [1.29, 1.82) is 0 Å². The van der Waals surface area contributed by atoms with Gasteiger partial charge in [-0.25, -0.2) is 8.78 Å². The maximum absolute atomic E-state index is 13.0. The van der Waals surface area contributed by atoms with Gasteiger partial charge in [-0.2, -0.15) is 0 Å². The van der Waals surface area contributed by atoms with Gasteiger partial charge in [0.2, 0.25) is 0 Å². The minimum atomic E-state index is -0.280. The fourth-order valence-electron chi connectivity index (χ4n) is 2.58. The second-order valence-electron chi connectivity index (χ2n) is 5.85. The van der Waals surface area contributed by atoms with Crippen LogP contribution in [-0.4, -0.2) is 46.2 Å². The molecule has 0 radical (unpaired) electrons. The normalized spacial score (nSPS) is 14.1. The van der Waals surface area contributed by atoms with Crippen molar-refractivity contribution in [3.63, 3.8) is 0 Å². The Labute approximate surface area is 161 Å². The van der Waals surface area contributed by atoms with Gasteiger partial charge in [-0.05, 0) is 73.0 Å². The van der Waals surface area contributed by atoms with Crippen LogP contribution in [0.2, 0.25) is 0 Å². The van der Waals surface area contributed by atoms with Crippen molar-refractivity contribution in [2.24, 2.45) is 0 Å². The van der Waals surface area contributed by atoms with E-state index in [0.29, 0.717) is 10.2 Å². The number of nitrogens with zero attached hydrogens (tertiary/aromatic N) is 2. The highest BCUT2D eigenvalue weighted by atomic mass is 32.1. The molecule has 1 aliphatic rings. The lowest BCUT2D eigenvalue weighted by Gasteiger charge is -2.37. The molecule has 0 bridgehead atoms. The highest BCUT2D eigenvalue weighted by molar-refractivity contribution is 7.80. The number of benzene rings is 2. The van der Waals surface area contributed by atoms with Crippen LogP contribution in [0.5, 0.6) is 0 Å². The number of rotatable bonds is 2. The molecule has 0 aromatic heterocycles. The molecule has 3 rings (SSSR count). The summed E-state index contributed by atoms with van der Waals surface area (Å²) in [7, 11) is 0. The minimum absolute atomic E-state index is 0.280. The molecule has 1 fully saturated rings. The van der Waals surface area contributed by atoms with Crippen LogP contribution in [-0.2, 0) is 0 Å². The number of hydrogen-bond acceptors (Lipinski definition) is 2. The lowest BCUT2D eigenvalue weighted by Crippen LogP contribution is -2.52. The highest BCUT2D eigenvalue weighted by Gasteiger charge is 2.20. The summed E-state index contributed by atoms with van der Waals surface area (Å²) < 4.78 is 25.9. The van der Waals surface area contributed by atoms with Gasteiger partial charge in [-0.15, -0.1) is 0 Å². The molecule has 0 unspecified atom stereocenters. The van der Waals surface area contributed by atoms with Crippen LogP contribution in [0.4, 0.5) is 20.2 Å². The molecule has 0 spiro atoms. The van der Waals surface area contributed by atoms with E-state index in [0.717, 1.165) is 37.6 Å². The van der Waals surface area contributed by atoms with Gasteiger partial charge < -0.3 is 20.4 Å². The van der Waals surface area contributed by atoms with E-state index in [1.807, 2.05) is 0 Å². The topological polar surface area (TPSA) is 30.5 Å². The summed E-state index contributed by atoms with van der Waals surface area (Å²) in [5.41, 5.74) is 1.51. The largest absolute Gasteiger partial charge is 0.345 e. The summed E-state index contributed by atoms with van der Waals surface area (Å²) >= 11 is 10.9. The van der Waals surface area contributed by atoms with Gasteiger partial charge >= 0.3 is 0 Å². The van der Waals surface area contributed by atoms with Crippen LogP contribution < -0.4 is 10.6 Å². The van der Waals surface area contributed by atoms with Crippen molar-refractivity contribution in [3.05, 3.63) is 60.2 Å². The van der Waals surface area contributed by atoms with Gasteiger partial charge in [0.15, 0.2) is 10.2 Å². The van der Waals surface area contributed by atoms with Crippen molar-refractivity contribution < 1.29 is 8.78 Å². The first kappa shape index (κ1) is 18.5. The van der Waals surface area contributed by atoms with Crippen molar-refractivity contribution in [2.75, 3.05) is 36.8 Å². The van der Waals surface area contributed by atoms with Crippen LogP contribution >= 0.6 is 24.4 Å². The van der Waals surface area contributed by atoms with Crippen LogP contribution in [0, 0.1) is 11.6 Å². The van der Waals surface area contributed by atoms with E-state index in [2.05, 4.69) is 20.4 Å². The van der Waals surface area contributed by atoms with E-state index in [-0.39, 0.29) is 11.6 Å². The van der Waals surface area contributed by atoms with Gasteiger partial charge in [-0.3, -0.25) is 0 Å². The maximum Gasteiger partial charge on any atom is 0.173 e. The second kappa shape index (κ2) is 8.37. The Bertz CT molecular complexity index is 705. The molecule has 2 aromatic carbocycles. The van der Waals surface area contributed by atoms with Crippen LogP contribution in [0.3, 0.4) is 0 Å². The smallest absolute Gasteiger partial charge is 0.173 e. The van der Waals surface area contributed by atoms with E-state index in [1.54, 1.807) is 24.3 Å². The summed E-state index contributed by atoms with van der Waals surface area (Å²) in [5, 5.41) is 7.44. The first-order valence-electron chi connectivity index (χ1n) is 8.14. The summed E-state index contributed by atoms with van der Waals surface area (Å²) in [6, 6.07) is 12.2.